The van der Waals surface area contributed by atoms with Gasteiger partial charge in [-0.25, -0.2) is 0 Å². The number of nitrogens with one attached hydrogen (secondary N) is 1. The number of quaternary nitrogens is 1. The molecule has 2 N–H and O–H groups in total. The third-order valence-electron chi connectivity index (χ3n) is 4.99. The molecule has 4 nitrogen and oxygen atoms in total. The Kier molecular flexibility index (Phi) is 4.78. The minimum absolute atomic E-state index is 0.0000146. The molecule has 0 atom stereocenters. The van der Waals surface area contributed by atoms with Crippen LogP contribution in [0.15, 0.2) is 63.8 Å². The third kappa shape index (κ3) is 3.31. The number of benzene rings is 3. The van der Waals surface area contributed by atoms with E-state index in [1.165, 1.54) is 18.2 Å². The van der Waals surface area contributed by atoms with Crippen LogP contribution in [0.4, 0.5) is 13.2 Å². The van der Waals surface area contributed by atoms with Crippen molar-refractivity contribution in [3.8, 4) is 16.9 Å². The molecule has 154 valence electrons. The minimum atomic E-state index is -4.90. The van der Waals surface area contributed by atoms with Crippen molar-refractivity contribution in [2.75, 3.05) is 14.1 Å². The zero-order valence-electron chi connectivity index (χ0n) is 16.3. The molecule has 1 aromatic heterocycles. The Hall–Kier alpha value is -3.32. The first-order valence-electron chi connectivity index (χ1n) is 9.34. The summed E-state index contributed by atoms with van der Waals surface area (Å²) in [5, 5.41) is 11.4. The van der Waals surface area contributed by atoms with Gasteiger partial charge >= 0.3 is 6.18 Å². The lowest BCUT2D eigenvalue weighted by Crippen LogP contribution is -3.04. The van der Waals surface area contributed by atoms with Gasteiger partial charge in [0, 0.05) is 0 Å². The standard InChI is InChI=1S/C23H18F3NO3/c1-27(2)12-17-18(28)11-10-16-20(29)19(22(23(24,25)26)30-21(16)17)15-9-5-7-13-6-3-4-8-14(13)15/h3-11,28H,12H2,1-2H3/p+1. The third-order valence-corrected chi connectivity index (χ3v) is 4.99. The molecule has 0 saturated carbocycles. The Labute approximate surface area is 169 Å². The van der Waals surface area contributed by atoms with E-state index in [1.54, 1.807) is 50.5 Å². The number of halogens is 3. The van der Waals surface area contributed by atoms with Crippen LogP contribution in [0.5, 0.6) is 5.75 Å². The highest BCUT2D eigenvalue weighted by atomic mass is 19.4. The molecule has 1 heterocycles. The monoisotopic (exact) mass is 414 g/mol. The summed E-state index contributed by atoms with van der Waals surface area (Å²) in [5.41, 5.74) is -1.23. The fraction of sp³-hybridized carbons (Fsp3) is 0.174. The number of fused-ring (bicyclic) bond motifs is 2. The maximum Gasteiger partial charge on any atom is 0.450 e. The quantitative estimate of drug-likeness (QED) is 0.533. The molecule has 7 heteroatoms. The topological polar surface area (TPSA) is 54.9 Å². The summed E-state index contributed by atoms with van der Waals surface area (Å²) in [6, 6.07) is 14.4. The van der Waals surface area contributed by atoms with Crippen molar-refractivity contribution in [3.05, 3.63) is 76.1 Å². The van der Waals surface area contributed by atoms with E-state index in [2.05, 4.69) is 0 Å². The predicted octanol–water partition coefficient (Wildman–Crippen LogP) is 3.98. The summed E-state index contributed by atoms with van der Waals surface area (Å²) in [5.74, 6) is -1.57. The zero-order valence-corrected chi connectivity index (χ0v) is 16.3. The second-order valence-electron chi connectivity index (χ2n) is 7.48. The smallest absolute Gasteiger partial charge is 0.450 e. The number of phenolic OH excluding ortho intramolecular Hbond substituents is 1. The Morgan fingerprint density at radius 1 is 0.967 bits per heavy atom. The van der Waals surface area contributed by atoms with E-state index in [4.69, 9.17) is 4.42 Å². The van der Waals surface area contributed by atoms with Crippen LogP contribution in [0, 0.1) is 0 Å². The van der Waals surface area contributed by atoms with Crippen LogP contribution < -0.4 is 10.3 Å². The number of alkyl halides is 3. The Morgan fingerprint density at radius 3 is 2.37 bits per heavy atom. The highest BCUT2D eigenvalue weighted by Gasteiger charge is 2.40. The van der Waals surface area contributed by atoms with E-state index >= 15 is 0 Å². The van der Waals surface area contributed by atoms with Crippen molar-refractivity contribution in [3.63, 3.8) is 0 Å². The number of hydrogen-bond acceptors (Lipinski definition) is 3. The molecular formula is C23H19F3NO3+. The SMILES string of the molecule is C[NH+](C)Cc1c(O)ccc2c(=O)c(-c3cccc4ccccc34)c(C(F)(F)F)oc12. The summed E-state index contributed by atoms with van der Waals surface area (Å²) < 4.78 is 47.5. The summed E-state index contributed by atoms with van der Waals surface area (Å²) in [6.07, 6.45) is -4.90. The van der Waals surface area contributed by atoms with Crippen LogP contribution >= 0.6 is 0 Å². The fourth-order valence-electron chi connectivity index (χ4n) is 3.72. The molecule has 0 aliphatic carbocycles. The van der Waals surface area contributed by atoms with Gasteiger partial charge in [-0.05, 0) is 28.5 Å². The Balaban J connectivity index is 2.16. The lowest BCUT2D eigenvalue weighted by atomic mass is 9.95. The number of rotatable bonds is 3. The first kappa shape index (κ1) is 20.0. The van der Waals surface area contributed by atoms with Crippen LogP contribution in [0.3, 0.4) is 0 Å². The maximum atomic E-state index is 14.0. The molecule has 0 aliphatic rings. The molecule has 3 aromatic carbocycles. The van der Waals surface area contributed by atoms with E-state index < -0.39 is 22.9 Å². The lowest BCUT2D eigenvalue weighted by molar-refractivity contribution is -0.872. The fourth-order valence-corrected chi connectivity index (χ4v) is 3.72. The molecule has 0 aliphatic heterocycles. The number of aromatic hydroxyl groups is 1. The average Bonchev–Trinajstić information content (AvgIpc) is 2.69. The van der Waals surface area contributed by atoms with E-state index in [1.807, 2.05) is 0 Å². The molecule has 30 heavy (non-hydrogen) atoms. The molecule has 0 fully saturated rings. The number of hydrogen-bond donors (Lipinski definition) is 2. The first-order valence-corrected chi connectivity index (χ1v) is 9.34. The zero-order chi connectivity index (χ0) is 21.6. The largest absolute Gasteiger partial charge is 0.507 e. The van der Waals surface area contributed by atoms with Crippen molar-refractivity contribution in [1.29, 1.82) is 0 Å². The van der Waals surface area contributed by atoms with E-state index in [-0.39, 0.29) is 34.4 Å². The minimum Gasteiger partial charge on any atom is -0.507 e. The molecule has 0 spiro atoms. The van der Waals surface area contributed by atoms with Crippen molar-refractivity contribution >= 4 is 21.7 Å². The first-order chi connectivity index (χ1) is 14.2. The maximum absolute atomic E-state index is 14.0. The van der Waals surface area contributed by atoms with Gasteiger partial charge in [0.1, 0.15) is 12.3 Å². The van der Waals surface area contributed by atoms with E-state index in [9.17, 15) is 23.1 Å². The van der Waals surface area contributed by atoms with Crippen molar-refractivity contribution in [2.45, 2.75) is 12.7 Å². The Morgan fingerprint density at radius 2 is 1.67 bits per heavy atom. The molecule has 4 rings (SSSR count). The average molecular weight is 414 g/mol. The summed E-state index contributed by atoms with van der Waals surface area (Å²) in [6.45, 7) is 0.191. The van der Waals surface area contributed by atoms with Crippen LogP contribution in [-0.2, 0) is 12.7 Å². The molecular weight excluding hydrogens is 395 g/mol. The van der Waals surface area contributed by atoms with Crippen LogP contribution in [0.25, 0.3) is 32.9 Å². The second kappa shape index (κ2) is 7.18. The van der Waals surface area contributed by atoms with Gasteiger partial charge in [-0.2, -0.15) is 13.2 Å². The van der Waals surface area contributed by atoms with Crippen molar-refractivity contribution in [2.24, 2.45) is 0 Å². The van der Waals surface area contributed by atoms with E-state index in [0.29, 0.717) is 10.8 Å². The van der Waals surface area contributed by atoms with Crippen LogP contribution in [0.1, 0.15) is 11.3 Å². The van der Waals surface area contributed by atoms with Gasteiger partial charge in [0.2, 0.25) is 11.2 Å². The molecule has 0 radical (unpaired) electrons. The normalized spacial score (nSPS) is 12.2. The van der Waals surface area contributed by atoms with Crippen molar-refractivity contribution < 1.29 is 27.6 Å². The summed E-state index contributed by atoms with van der Waals surface area (Å²) in [4.78, 5) is 14.2. The highest BCUT2D eigenvalue weighted by molar-refractivity contribution is 5.99. The molecule has 0 amide bonds. The number of phenols is 1. The van der Waals surface area contributed by atoms with Crippen LogP contribution in [-0.4, -0.2) is 19.2 Å². The van der Waals surface area contributed by atoms with Gasteiger partial charge in [0.05, 0.1) is 30.6 Å². The van der Waals surface area contributed by atoms with Gasteiger partial charge in [0.15, 0.2) is 5.58 Å². The predicted molar refractivity (Wildman–Crippen MR) is 109 cm³/mol. The van der Waals surface area contributed by atoms with Gasteiger partial charge < -0.3 is 14.4 Å². The summed E-state index contributed by atoms with van der Waals surface area (Å²) >= 11 is 0. The molecule has 0 bridgehead atoms. The Bertz CT molecular complexity index is 1320. The van der Waals surface area contributed by atoms with Crippen molar-refractivity contribution in [1.82, 2.24) is 0 Å². The van der Waals surface area contributed by atoms with Crippen LogP contribution in [0.2, 0.25) is 0 Å². The highest BCUT2D eigenvalue weighted by Crippen LogP contribution is 2.40. The van der Waals surface area contributed by atoms with Gasteiger partial charge in [0.25, 0.3) is 0 Å². The van der Waals surface area contributed by atoms with Gasteiger partial charge in [-0.15, -0.1) is 0 Å². The molecule has 0 saturated heterocycles. The van der Waals surface area contributed by atoms with E-state index in [0.717, 1.165) is 4.90 Å². The second-order valence-corrected chi connectivity index (χ2v) is 7.48. The lowest BCUT2D eigenvalue weighted by Gasteiger charge is -2.16. The molecule has 0 unspecified atom stereocenters. The van der Waals surface area contributed by atoms with Gasteiger partial charge in [-0.1, -0.05) is 42.5 Å². The summed E-state index contributed by atoms with van der Waals surface area (Å²) in [7, 11) is 3.57. The molecule has 4 aromatic rings. The van der Waals surface area contributed by atoms with Gasteiger partial charge in [-0.3, -0.25) is 4.79 Å².